The summed E-state index contributed by atoms with van der Waals surface area (Å²) in [5.74, 6) is 1.36. The average Bonchev–Trinajstić information content (AvgIpc) is 2.65. The van der Waals surface area contributed by atoms with Crippen LogP contribution in [0, 0.1) is 5.92 Å². The first-order valence-electron chi connectivity index (χ1n) is 7.69. The summed E-state index contributed by atoms with van der Waals surface area (Å²) < 4.78 is 5.40. The Bertz CT molecular complexity index is 408. The summed E-state index contributed by atoms with van der Waals surface area (Å²) in [7, 11) is 3.85. The van der Waals surface area contributed by atoms with Crippen LogP contribution in [0.4, 0.5) is 0 Å². The standard InChI is InChI=1S/C17H27NO2/c1-18(12-14-8-4-3-5-10-16(14)19)13-15-9-6-7-11-17(15)20-2/h6-7,9,11,14,16,19H,3-5,8,10,12-13H2,1-2H3. The molecular weight excluding hydrogens is 250 g/mol. The van der Waals surface area contributed by atoms with Gasteiger partial charge in [0.1, 0.15) is 5.75 Å². The summed E-state index contributed by atoms with van der Waals surface area (Å²) in [6.07, 6.45) is 5.68. The lowest BCUT2D eigenvalue weighted by Gasteiger charge is -2.26. The van der Waals surface area contributed by atoms with Gasteiger partial charge >= 0.3 is 0 Å². The van der Waals surface area contributed by atoms with Crippen molar-refractivity contribution < 1.29 is 9.84 Å². The first-order valence-corrected chi connectivity index (χ1v) is 7.69. The van der Waals surface area contributed by atoms with E-state index in [1.54, 1.807) is 7.11 Å². The third-order valence-corrected chi connectivity index (χ3v) is 4.30. The van der Waals surface area contributed by atoms with E-state index in [1.807, 2.05) is 18.2 Å². The first-order chi connectivity index (χ1) is 9.70. The van der Waals surface area contributed by atoms with Crippen LogP contribution in [0.5, 0.6) is 5.75 Å². The Hall–Kier alpha value is -1.06. The number of aliphatic hydroxyl groups is 1. The van der Waals surface area contributed by atoms with Crippen LogP contribution in [0.1, 0.15) is 37.7 Å². The second kappa shape index (κ2) is 7.65. The van der Waals surface area contributed by atoms with E-state index in [0.29, 0.717) is 5.92 Å². The smallest absolute Gasteiger partial charge is 0.123 e. The second-order valence-corrected chi connectivity index (χ2v) is 5.97. The minimum atomic E-state index is -0.127. The molecule has 0 aliphatic heterocycles. The summed E-state index contributed by atoms with van der Waals surface area (Å²) in [5, 5.41) is 10.2. The fourth-order valence-electron chi connectivity index (χ4n) is 3.17. The quantitative estimate of drug-likeness (QED) is 0.840. The maximum Gasteiger partial charge on any atom is 0.123 e. The van der Waals surface area contributed by atoms with Crippen LogP contribution in [0.3, 0.4) is 0 Å². The molecule has 0 amide bonds. The Morgan fingerprint density at radius 2 is 1.95 bits per heavy atom. The van der Waals surface area contributed by atoms with Crippen molar-refractivity contribution in [3.8, 4) is 5.75 Å². The fraction of sp³-hybridized carbons (Fsp3) is 0.647. The number of para-hydroxylation sites is 1. The molecule has 2 unspecified atom stereocenters. The van der Waals surface area contributed by atoms with Crippen LogP contribution < -0.4 is 4.74 Å². The van der Waals surface area contributed by atoms with Crippen molar-refractivity contribution in [2.45, 2.75) is 44.8 Å². The van der Waals surface area contributed by atoms with E-state index in [9.17, 15) is 5.11 Å². The van der Waals surface area contributed by atoms with Crippen LogP contribution in [0.15, 0.2) is 24.3 Å². The number of rotatable bonds is 5. The predicted octanol–water partition coefficient (Wildman–Crippen LogP) is 3.07. The van der Waals surface area contributed by atoms with Crippen molar-refractivity contribution in [3.63, 3.8) is 0 Å². The largest absolute Gasteiger partial charge is 0.496 e. The minimum Gasteiger partial charge on any atom is -0.496 e. The lowest BCUT2D eigenvalue weighted by Crippen LogP contribution is -2.32. The lowest BCUT2D eigenvalue weighted by molar-refractivity contribution is 0.0778. The molecule has 0 bridgehead atoms. The third kappa shape index (κ3) is 4.22. The molecule has 0 radical (unpaired) electrons. The van der Waals surface area contributed by atoms with Gasteiger partial charge in [0.25, 0.3) is 0 Å². The van der Waals surface area contributed by atoms with E-state index in [4.69, 9.17) is 4.74 Å². The molecule has 0 spiro atoms. The van der Waals surface area contributed by atoms with Crippen molar-refractivity contribution >= 4 is 0 Å². The highest BCUT2D eigenvalue weighted by molar-refractivity contribution is 5.32. The Labute approximate surface area is 122 Å². The van der Waals surface area contributed by atoms with Gasteiger partial charge in [0.05, 0.1) is 13.2 Å². The predicted molar refractivity (Wildman–Crippen MR) is 81.9 cm³/mol. The summed E-state index contributed by atoms with van der Waals surface area (Å²) in [6.45, 7) is 1.83. The molecule has 0 saturated heterocycles. The SMILES string of the molecule is COc1ccccc1CN(C)CC1CCCCCC1O. The number of benzene rings is 1. The number of hydrogen-bond acceptors (Lipinski definition) is 3. The Kier molecular flexibility index (Phi) is 5.86. The molecule has 112 valence electrons. The second-order valence-electron chi connectivity index (χ2n) is 5.97. The average molecular weight is 277 g/mol. The van der Waals surface area contributed by atoms with E-state index in [2.05, 4.69) is 18.0 Å². The zero-order valence-corrected chi connectivity index (χ0v) is 12.7. The highest BCUT2D eigenvalue weighted by Crippen LogP contribution is 2.25. The van der Waals surface area contributed by atoms with Crippen LogP contribution in [-0.4, -0.2) is 36.8 Å². The van der Waals surface area contributed by atoms with Crippen molar-refractivity contribution in [1.29, 1.82) is 0 Å². The van der Waals surface area contributed by atoms with E-state index in [0.717, 1.165) is 31.7 Å². The molecule has 2 rings (SSSR count). The van der Waals surface area contributed by atoms with Gasteiger partial charge in [-0.15, -0.1) is 0 Å². The van der Waals surface area contributed by atoms with Gasteiger partial charge in [0.15, 0.2) is 0 Å². The van der Waals surface area contributed by atoms with Crippen LogP contribution in [-0.2, 0) is 6.54 Å². The summed E-state index contributed by atoms with van der Waals surface area (Å²) in [5.41, 5.74) is 1.21. The number of ether oxygens (including phenoxy) is 1. The molecule has 3 nitrogen and oxygen atoms in total. The van der Waals surface area contributed by atoms with Gasteiger partial charge in [-0.25, -0.2) is 0 Å². The number of aliphatic hydroxyl groups excluding tert-OH is 1. The highest BCUT2D eigenvalue weighted by Gasteiger charge is 2.23. The highest BCUT2D eigenvalue weighted by atomic mass is 16.5. The Balaban J connectivity index is 1.92. The molecular formula is C17H27NO2. The molecule has 3 heteroatoms. The number of hydrogen-bond donors (Lipinski definition) is 1. The van der Waals surface area contributed by atoms with Crippen LogP contribution in [0.25, 0.3) is 0 Å². The normalized spacial score (nSPS) is 23.6. The van der Waals surface area contributed by atoms with E-state index in [-0.39, 0.29) is 6.10 Å². The molecule has 20 heavy (non-hydrogen) atoms. The monoisotopic (exact) mass is 277 g/mol. The van der Waals surface area contributed by atoms with Gasteiger partial charge in [-0.2, -0.15) is 0 Å². The molecule has 1 aliphatic rings. The fourth-order valence-corrected chi connectivity index (χ4v) is 3.17. The molecule has 1 fully saturated rings. The Morgan fingerprint density at radius 3 is 2.75 bits per heavy atom. The lowest BCUT2D eigenvalue weighted by atomic mass is 9.96. The molecule has 1 aliphatic carbocycles. The number of methoxy groups -OCH3 is 1. The maximum atomic E-state index is 10.2. The van der Waals surface area contributed by atoms with Crippen molar-refractivity contribution in [2.24, 2.45) is 5.92 Å². The van der Waals surface area contributed by atoms with Gasteiger partial charge in [0.2, 0.25) is 0 Å². The van der Waals surface area contributed by atoms with Crippen LogP contribution in [0.2, 0.25) is 0 Å². The molecule has 1 saturated carbocycles. The first kappa shape index (κ1) is 15.3. The summed E-state index contributed by atoms with van der Waals surface area (Å²) in [6, 6.07) is 8.16. The molecule has 0 heterocycles. The van der Waals surface area contributed by atoms with E-state index in [1.165, 1.54) is 24.8 Å². The molecule has 1 aromatic carbocycles. The summed E-state index contributed by atoms with van der Waals surface area (Å²) in [4.78, 5) is 2.30. The molecule has 1 aromatic rings. The van der Waals surface area contributed by atoms with E-state index < -0.39 is 0 Å². The topological polar surface area (TPSA) is 32.7 Å². The zero-order valence-electron chi connectivity index (χ0n) is 12.7. The Morgan fingerprint density at radius 1 is 1.20 bits per heavy atom. The van der Waals surface area contributed by atoms with Crippen LogP contribution >= 0.6 is 0 Å². The van der Waals surface area contributed by atoms with E-state index >= 15 is 0 Å². The molecule has 0 aromatic heterocycles. The zero-order chi connectivity index (χ0) is 14.4. The van der Waals surface area contributed by atoms with Crippen molar-refractivity contribution in [3.05, 3.63) is 29.8 Å². The van der Waals surface area contributed by atoms with Crippen molar-refractivity contribution in [2.75, 3.05) is 20.7 Å². The maximum absolute atomic E-state index is 10.2. The van der Waals surface area contributed by atoms with Gasteiger partial charge in [-0.05, 0) is 31.9 Å². The van der Waals surface area contributed by atoms with Gasteiger partial charge < -0.3 is 14.7 Å². The molecule has 2 atom stereocenters. The van der Waals surface area contributed by atoms with Crippen molar-refractivity contribution in [1.82, 2.24) is 4.90 Å². The summed E-state index contributed by atoms with van der Waals surface area (Å²) >= 11 is 0. The molecule has 1 N–H and O–H groups in total. The number of nitrogens with zero attached hydrogens (tertiary/aromatic N) is 1. The van der Waals surface area contributed by atoms with Gasteiger partial charge in [-0.3, -0.25) is 0 Å². The third-order valence-electron chi connectivity index (χ3n) is 4.30. The minimum absolute atomic E-state index is 0.127. The van der Waals surface area contributed by atoms with Gasteiger partial charge in [0, 0.05) is 18.7 Å². The van der Waals surface area contributed by atoms with Gasteiger partial charge in [-0.1, -0.05) is 37.5 Å².